The largest absolute Gasteiger partial charge is 0.481 e. The summed E-state index contributed by atoms with van der Waals surface area (Å²) in [5.74, 6) is -5.78. The minimum Gasteiger partial charge on any atom is -0.481 e. The van der Waals surface area contributed by atoms with Crippen molar-refractivity contribution in [2.75, 3.05) is 19.6 Å². The van der Waals surface area contributed by atoms with Crippen molar-refractivity contribution in [2.24, 2.45) is 5.73 Å². The summed E-state index contributed by atoms with van der Waals surface area (Å²) in [7, 11) is 0. The molecule has 65 heavy (non-hydrogen) atoms. The topological polar surface area (TPSA) is 290 Å². The van der Waals surface area contributed by atoms with Gasteiger partial charge in [0.05, 0.1) is 60.6 Å². The number of fused-ring (bicyclic) bond motifs is 5. The number of cyclic esters (lactones) is 1. The molecule has 7 rings (SSSR count). The van der Waals surface area contributed by atoms with E-state index in [-0.39, 0.29) is 62.4 Å². The highest BCUT2D eigenvalue weighted by Crippen LogP contribution is 2.46. The zero-order chi connectivity index (χ0) is 46.7. The third kappa shape index (κ3) is 9.44. The van der Waals surface area contributed by atoms with Gasteiger partial charge in [-0.25, -0.2) is 14.2 Å². The maximum atomic E-state index is 15.4. The van der Waals surface area contributed by atoms with Gasteiger partial charge >= 0.3 is 11.9 Å². The van der Waals surface area contributed by atoms with Gasteiger partial charge in [-0.3, -0.25) is 33.6 Å². The molecule has 19 nitrogen and oxygen atoms in total. The highest BCUT2D eigenvalue weighted by molar-refractivity contribution is 5.95. The summed E-state index contributed by atoms with van der Waals surface area (Å²) in [5, 5.41) is 33.8. The predicted octanol–water partition coefficient (Wildman–Crippen LogP) is 0.289. The number of halogens is 1. The number of aliphatic hydroxyl groups is 1. The number of aromatic nitrogens is 2. The fourth-order valence-electron chi connectivity index (χ4n) is 8.67. The third-order valence-electron chi connectivity index (χ3n) is 12.1. The molecule has 342 valence electrons. The van der Waals surface area contributed by atoms with E-state index < -0.39 is 90.2 Å². The fraction of sp³-hybridized carbons (Fsp3) is 0.400. The Balaban J connectivity index is 1.01. The average molecular weight is 897 g/mol. The number of nitrogens with one attached hydrogen (secondary N) is 5. The number of amides is 5. The van der Waals surface area contributed by atoms with Crippen molar-refractivity contribution in [2.45, 2.75) is 95.7 Å². The van der Waals surface area contributed by atoms with Crippen LogP contribution in [0.15, 0.2) is 47.3 Å². The third-order valence-corrected chi connectivity index (χ3v) is 12.1. The van der Waals surface area contributed by atoms with Crippen LogP contribution in [0.25, 0.3) is 22.3 Å². The molecular weight excluding hydrogens is 848 g/mol. The zero-order valence-corrected chi connectivity index (χ0v) is 35.7. The number of carbonyl (C=O) groups excluding carboxylic acids is 6. The zero-order valence-electron chi connectivity index (χ0n) is 35.7. The summed E-state index contributed by atoms with van der Waals surface area (Å²) in [6.07, 6.45) is 0.504. The van der Waals surface area contributed by atoms with Gasteiger partial charge in [-0.15, -0.1) is 0 Å². The van der Waals surface area contributed by atoms with Gasteiger partial charge < -0.3 is 51.8 Å². The van der Waals surface area contributed by atoms with Crippen LogP contribution in [0.4, 0.5) is 4.39 Å². The van der Waals surface area contributed by atoms with Gasteiger partial charge in [0.25, 0.3) is 5.56 Å². The summed E-state index contributed by atoms with van der Waals surface area (Å²) in [4.78, 5) is 106. The summed E-state index contributed by atoms with van der Waals surface area (Å²) >= 11 is 0. The van der Waals surface area contributed by atoms with Gasteiger partial charge in [0, 0.05) is 42.0 Å². The van der Waals surface area contributed by atoms with Crippen molar-refractivity contribution in [1.29, 1.82) is 0 Å². The number of nitrogens with two attached hydrogens (primary N) is 1. The predicted molar refractivity (Wildman–Crippen MR) is 229 cm³/mol. The van der Waals surface area contributed by atoms with Crippen molar-refractivity contribution in [3.63, 3.8) is 0 Å². The van der Waals surface area contributed by atoms with Crippen LogP contribution in [0.2, 0.25) is 0 Å². The number of esters is 1. The number of pyridine rings is 2. The normalized spacial score (nSPS) is 17.7. The Bertz CT molecular complexity index is 2690. The Kier molecular flexibility index (Phi) is 13.4. The van der Waals surface area contributed by atoms with Crippen LogP contribution >= 0.6 is 0 Å². The SMILES string of the molecule is CC[C@@]1(O)C(=O)OCc2c1cc1n(c2=O)Cc2c-1nc1cc(F)c(C)c3c1c2[C@@H](NC(=O)CCCNC(=O)[C@H](Cc1ccccc1)NC(=O)CNC(=O)CNC(=O)[C@@H](N)CC(=O)O)CC3. The molecule has 9 N–H and O–H groups in total. The molecule has 2 aliphatic heterocycles. The van der Waals surface area contributed by atoms with E-state index in [1.807, 2.05) is 0 Å². The lowest BCUT2D eigenvalue weighted by atomic mass is 9.81. The Labute approximate surface area is 370 Å². The van der Waals surface area contributed by atoms with E-state index in [0.29, 0.717) is 51.8 Å². The molecule has 4 heterocycles. The number of ether oxygens (including phenoxy) is 1. The highest BCUT2D eigenvalue weighted by atomic mass is 19.1. The molecule has 0 unspecified atom stereocenters. The van der Waals surface area contributed by atoms with Crippen LogP contribution in [-0.4, -0.2) is 93.0 Å². The van der Waals surface area contributed by atoms with Gasteiger partial charge in [-0.1, -0.05) is 37.3 Å². The Morgan fingerprint density at radius 3 is 2.45 bits per heavy atom. The first kappa shape index (κ1) is 45.9. The Morgan fingerprint density at radius 2 is 1.72 bits per heavy atom. The molecule has 3 aliphatic rings. The van der Waals surface area contributed by atoms with Crippen LogP contribution in [0, 0.1) is 12.7 Å². The first-order valence-corrected chi connectivity index (χ1v) is 21.2. The average Bonchev–Trinajstić information content (AvgIpc) is 3.65. The summed E-state index contributed by atoms with van der Waals surface area (Å²) in [6, 6.07) is 8.82. The number of carbonyl (C=O) groups is 7. The maximum Gasteiger partial charge on any atom is 0.343 e. The van der Waals surface area contributed by atoms with Gasteiger partial charge in [-0.05, 0) is 60.9 Å². The minimum absolute atomic E-state index is 0.00196. The second-order valence-electron chi connectivity index (χ2n) is 16.4. The molecule has 0 radical (unpaired) electrons. The molecule has 0 fully saturated rings. The molecular formula is C45H49FN8O11. The number of hydrogen-bond acceptors (Lipinski definition) is 12. The smallest absolute Gasteiger partial charge is 0.343 e. The summed E-state index contributed by atoms with van der Waals surface area (Å²) in [6.45, 7) is 2.04. The van der Waals surface area contributed by atoms with Gasteiger partial charge in [0.15, 0.2) is 5.60 Å². The van der Waals surface area contributed by atoms with Crippen molar-refractivity contribution >= 4 is 52.4 Å². The molecule has 4 aromatic rings. The van der Waals surface area contributed by atoms with E-state index in [9.17, 15) is 43.5 Å². The Morgan fingerprint density at radius 1 is 0.985 bits per heavy atom. The van der Waals surface area contributed by atoms with Gasteiger partial charge in [0.1, 0.15) is 18.5 Å². The van der Waals surface area contributed by atoms with Crippen molar-refractivity contribution in [1.82, 2.24) is 36.1 Å². The van der Waals surface area contributed by atoms with Crippen molar-refractivity contribution in [3.8, 4) is 11.4 Å². The quantitative estimate of drug-likeness (QED) is 0.0461. The standard InChI is InChI=1S/C45H49FN8O11/c1-3-45(64)27-15-33-40-25(20-54(33)43(62)26(27)21-65-44(45)63)39-30(12-11-24-22(2)28(46)16-31(53-40)38(24)39)51-34(55)10-7-13-48-42(61)32(14-23-8-5-4-6-9-23)52-36(57)19-49-35(56)18-50-41(60)29(47)17-37(58)59/h4-6,8-9,15-16,29-30,32,64H,3,7,10-14,17-21,47H2,1-2H3,(H,48,61)(H,49,56)(H,50,60)(H,51,55)(H,52,57)(H,58,59)/t29-,30-,32-,45-/m0/s1. The first-order chi connectivity index (χ1) is 31.0. The van der Waals surface area contributed by atoms with E-state index in [2.05, 4.69) is 26.6 Å². The van der Waals surface area contributed by atoms with Crippen molar-refractivity contribution < 1.29 is 52.9 Å². The second kappa shape index (κ2) is 19.0. The number of benzene rings is 2. The summed E-state index contributed by atoms with van der Waals surface area (Å²) in [5.41, 5.74) is 7.67. The lowest BCUT2D eigenvalue weighted by Gasteiger charge is -2.31. The molecule has 0 spiro atoms. The van der Waals surface area contributed by atoms with Crippen LogP contribution in [0.5, 0.6) is 0 Å². The fourth-order valence-corrected chi connectivity index (χ4v) is 8.67. The number of aryl methyl sites for hydroxylation is 1. The number of nitrogens with zero attached hydrogens (tertiary/aromatic N) is 2. The van der Waals surface area contributed by atoms with Gasteiger partial charge in [-0.2, -0.15) is 0 Å². The van der Waals surface area contributed by atoms with E-state index in [0.717, 1.165) is 11.1 Å². The molecule has 0 bridgehead atoms. The molecule has 20 heteroatoms. The molecule has 0 saturated heterocycles. The molecule has 2 aromatic heterocycles. The maximum absolute atomic E-state index is 15.4. The minimum atomic E-state index is -2.04. The molecule has 0 saturated carbocycles. The van der Waals surface area contributed by atoms with E-state index >= 15 is 4.39 Å². The monoisotopic (exact) mass is 896 g/mol. The number of aliphatic carboxylic acids is 1. The Hall–Kier alpha value is -7.06. The molecule has 1 aliphatic carbocycles. The van der Waals surface area contributed by atoms with E-state index in [1.165, 1.54) is 10.6 Å². The summed E-state index contributed by atoms with van der Waals surface area (Å²) < 4.78 is 22.1. The van der Waals surface area contributed by atoms with Crippen LogP contribution in [0.3, 0.4) is 0 Å². The van der Waals surface area contributed by atoms with Crippen LogP contribution in [-0.2, 0) is 69.9 Å². The number of carboxylic acid groups (broad SMARTS) is 1. The lowest BCUT2D eigenvalue weighted by Crippen LogP contribution is -2.51. The highest BCUT2D eigenvalue weighted by Gasteiger charge is 2.46. The molecule has 2 aromatic carbocycles. The van der Waals surface area contributed by atoms with Crippen LogP contribution in [0.1, 0.15) is 84.0 Å². The van der Waals surface area contributed by atoms with Crippen LogP contribution < -0.4 is 37.9 Å². The number of hydrogen-bond donors (Lipinski definition) is 8. The van der Waals surface area contributed by atoms with E-state index in [1.54, 1.807) is 50.2 Å². The molecule has 4 atom stereocenters. The van der Waals surface area contributed by atoms with Crippen molar-refractivity contribution in [3.05, 3.63) is 97.6 Å². The number of rotatable bonds is 17. The molecule has 5 amide bonds. The number of carboxylic acids is 1. The lowest BCUT2D eigenvalue weighted by molar-refractivity contribution is -0.172. The van der Waals surface area contributed by atoms with Gasteiger partial charge in [0.2, 0.25) is 29.5 Å². The first-order valence-electron chi connectivity index (χ1n) is 21.2. The second-order valence-corrected chi connectivity index (χ2v) is 16.4. The van der Waals surface area contributed by atoms with E-state index in [4.69, 9.17) is 20.6 Å².